The van der Waals surface area contributed by atoms with Crippen molar-refractivity contribution < 1.29 is 4.79 Å². The molecule has 1 aromatic heterocycles. The Morgan fingerprint density at radius 2 is 2.24 bits per heavy atom. The fraction of sp³-hybridized carbons (Fsp3) is 0.600. The van der Waals surface area contributed by atoms with E-state index in [-0.39, 0.29) is 5.91 Å². The van der Waals surface area contributed by atoms with E-state index in [9.17, 15) is 4.79 Å². The van der Waals surface area contributed by atoms with E-state index in [2.05, 4.69) is 22.4 Å². The molecule has 3 rings (SSSR count). The first-order valence-corrected chi connectivity index (χ1v) is 7.61. The second kappa shape index (κ2) is 5.99. The highest BCUT2D eigenvalue weighted by Gasteiger charge is 2.35. The van der Waals surface area contributed by atoms with Gasteiger partial charge in [-0.15, -0.1) is 0 Å². The Morgan fingerprint density at radius 3 is 2.95 bits per heavy atom. The monoisotopic (exact) mass is 289 g/mol. The first kappa shape index (κ1) is 14.3. The predicted octanol–water partition coefficient (Wildman–Crippen LogP) is 0.924. The van der Waals surface area contributed by atoms with E-state index in [0.717, 1.165) is 19.5 Å². The van der Waals surface area contributed by atoms with Crippen LogP contribution in [-0.2, 0) is 0 Å². The summed E-state index contributed by atoms with van der Waals surface area (Å²) >= 11 is 0. The maximum Gasteiger partial charge on any atom is 0.255 e. The van der Waals surface area contributed by atoms with Crippen LogP contribution >= 0.6 is 0 Å². The van der Waals surface area contributed by atoms with Gasteiger partial charge < -0.3 is 15.2 Å². The molecule has 114 valence electrons. The van der Waals surface area contributed by atoms with Gasteiger partial charge in [0.1, 0.15) is 5.82 Å². The van der Waals surface area contributed by atoms with Crippen LogP contribution in [0.25, 0.3) is 0 Å². The van der Waals surface area contributed by atoms with Gasteiger partial charge in [0.2, 0.25) is 0 Å². The molecule has 1 aromatic rings. The number of pyridine rings is 1. The van der Waals surface area contributed by atoms with Gasteiger partial charge in [0.15, 0.2) is 0 Å². The number of anilines is 1. The number of amides is 1. The zero-order valence-corrected chi connectivity index (χ0v) is 12.5. The number of hydrazine groups is 1. The number of nitrogen functional groups attached to an aromatic ring is 1. The van der Waals surface area contributed by atoms with Crippen LogP contribution in [-0.4, -0.2) is 53.4 Å². The Kier molecular flexibility index (Phi) is 4.07. The Balaban J connectivity index is 1.68. The molecule has 2 unspecified atom stereocenters. The van der Waals surface area contributed by atoms with E-state index in [1.165, 1.54) is 19.4 Å². The van der Waals surface area contributed by atoms with Crippen molar-refractivity contribution in [1.29, 1.82) is 0 Å². The maximum absolute atomic E-state index is 12.6. The SMILES string of the molecule is CN1CCCC2CN(C(=O)c3ccc(NN)nc3)CCC21. The van der Waals surface area contributed by atoms with Crippen molar-refractivity contribution in [2.45, 2.75) is 25.3 Å². The van der Waals surface area contributed by atoms with Crippen molar-refractivity contribution in [3.05, 3.63) is 23.9 Å². The van der Waals surface area contributed by atoms with Crippen LogP contribution in [0.2, 0.25) is 0 Å². The molecule has 3 heterocycles. The lowest BCUT2D eigenvalue weighted by molar-refractivity contribution is 0.0316. The number of rotatable bonds is 2. The number of carbonyl (C=O) groups is 1. The van der Waals surface area contributed by atoms with E-state index in [1.807, 2.05) is 4.90 Å². The quantitative estimate of drug-likeness (QED) is 0.625. The number of carbonyl (C=O) groups excluding carboxylic acids is 1. The van der Waals surface area contributed by atoms with E-state index in [1.54, 1.807) is 18.3 Å². The van der Waals surface area contributed by atoms with Crippen molar-refractivity contribution in [3.63, 3.8) is 0 Å². The molecular weight excluding hydrogens is 266 g/mol. The molecule has 0 spiro atoms. The summed E-state index contributed by atoms with van der Waals surface area (Å²) in [4.78, 5) is 21.1. The molecule has 6 nitrogen and oxygen atoms in total. The topological polar surface area (TPSA) is 74.5 Å². The summed E-state index contributed by atoms with van der Waals surface area (Å²) in [6, 6.07) is 4.16. The molecule has 2 aliphatic rings. The molecule has 0 radical (unpaired) electrons. The minimum Gasteiger partial charge on any atom is -0.338 e. The van der Waals surface area contributed by atoms with Gasteiger partial charge in [-0.05, 0) is 50.9 Å². The molecule has 0 aliphatic carbocycles. The third-order valence-electron chi connectivity index (χ3n) is 4.79. The van der Waals surface area contributed by atoms with Crippen molar-refractivity contribution in [2.75, 3.05) is 32.1 Å². The van der Waals surface area contributed by atoms with Crippen molar-refractivity contribution in [1.82, 2.24) is 14.8 Å². The van der Waals surface area contributed by atoms with Gasteiger partial charge in [-0.2, -0.15) is 0 Å². The Bertz CT molecular complexity index is 503. The molecule has 2 atom stereocenters. The first-order chi connectivity index (χ1) is 10.2. The smallest absolute Gasteiger partial charge is 0.255 e. The van der Waals surface area contributed by atoms with Crippen LogP contribution in [0.1, 0.15) is 29.6 Å². The van der Waals surface area contributed by atoms with E-state index in [4.69, 9.17) is 5.84 Å². The second-order valence-corrected chi connectivity index (χ2v) is 6.07. The van der Waals surface area contributed by atoms with Gasteiger partial charge >= 0.3 is 0 Å². The van der Waals surface area contributed by atoms with Crippen LogP contribution in [0.15, 0.2) is 18.3 Å². The lowest BCUT2D eigenvalue weighted by Crippen LogP contribution is -2.53. The second-order valence-electron chi connectivity index (χ2n) is 6.07. The van der Waals surface area contributed by atoms with Crippen LogP contribution in [0.4, 0.5) is 5.82 Å². The number of fused-ring (bicyclic) bond motifs is 1. The predicted molar refractivity (Wildman–Crippen MR) is 81.7 cm³/mol. The summed E-state index contributed by atoms with van der Waals surface area (Å²) in [5.41, 5.74) is 3.11. The minimum absolute atomic E-state index is 0.0812. The molecule has 2 saturated heterocycles. The fourth-order valence-electron chi connectivity index (χ4n) is 3.63. The Morgan fingerprint density at radius 1 is 1.38 bits per heavy atom. The molecule has 0 bridgehead atoms. The molecule has 1 amide bonds. The van der Waals surface area contributed by atoms with Gasteiger partial charge in [-0.3, -0.25) is 4.79 Å². The molecule has 2 aliphatic heterocycles. The van der Waals surface area contributed by atoms with Gasteiger partial charge in [-0.1, -0.05) is 0 Å². The van der Waals surface area contributed by atoms with Crippen molar-refractivity contribution in [2.24, 2.45) is 11.8 Å². The molecule has 0 aromatic carbocycles. The highest BCUT2D eigenvalue weighted by Crippen LogP contribution is 2.30. The van der Waals surface area contributed by atoms with Crippen LogP contribution < -0.4 is 11.3 Å². The molecular formula is C15H23N5O. The highest BCUT2D eigenvalue weighted by molar-refractivity contribution is 5.94. The summed E-state index contributed by atoms with van der Waals surface area (Å²) in [7, 11) is 2.21. The third-order valence-corrected chi connectivity index (χ3v) is 4.79. The first-order valence-electron chi connectivity index (χ1n) is 7.61. The number of hydrogen-bond donors (Lipinski definition) is 2. The lowest BCUT2D eigenvalue weighted by atomic mass is 9.84. The van der Waals surface area contributed by atoms with Gasteiger partial charge in [0.05, 0.1) is 5.56 Å². The lowest BCUT2D eigenvalue weighted by Gasteiger charge is -2.45. The maximum atomic E-state index is 12.6. The number of aromatic nitrogens is 1. The number of nitrogens with zero attached hydrogens (tertiary/aromatic N) is 3. The Hall–Kier alpha value is -1.66. The van der Waals surface area contributed by atoms with Gasteiger partial charge in [0, 0.05) is 25.3 Å². The number of nitrogens with two attached hydrogens (primary N) is 1. The van der Waals surface area contributed by atoms with E-state index < -0.39 is 0 Å². The minimum atomic E-state index is 0.0812. The Labute approximate surface area is 125 Å². The molecule has 6 heteroatoms. The van der Waals surface area contributed by atoms with Gasteiger partial charge in [0.25, 0.3) is 5.91 Å². The standard InChI is InChI=1S/C15H23N5O/c1-19-7-2-3-12-10-20(8-6-13(12)19)15(21)11-4-5-14(18-16)17-9-11/h4-5,9,12-13H,2-3,6-8,10,16H2,1H3,(H,17,18). The molecule has 3 N–H and O–H groups in total. The average molecular weight is 289 g/mol. The van der Waals surface area contributed by atoms with Crippen molar-refractivity contribution in [3.8, 4) is 0 Å². The van der Waals surface area contributed by atoms with E-state index in [0.29, 0.717) is 23.3 Å². The normalized spacial score (nSPS) is 26.3. The summed E-state index contributed by atoms with van der Waals surface area (Å²) in [5, 5.41) is 0. The largest absolute Gasteiger partial charge is 0.338 e. The zero-order chi connectivity index (χ0) is 14.8. The molecule has 21 heavy (non-hydrogen) atoms. The average Bonchev–Trinajstić information content (AvgIpc) is 2.54. The third kappa shape index (κ3) is 2.87. The molecule has 2 fully saturated rings. The summed E-state index contributed by atoms with van der Waals surface area (Å²) in [6.07, 6.45) is 5.13. The summed E-state index contributed by atoms with van der Waals surface area (Å²) < 4.78 is 0. The highest BCUT2D eigenvalue weighted by atomic mass is 16.2. The summed E-state index contributed by atoms with van der Waals surface area (Å²) in [6.45, 7) is 2.89. The summed E-state index contributed by atoms with van der Waals surface area (Å²) in [5.74, 6) is 6.55. The number of hydrogen-bond acceptors (Lipinski definition) is 5. The molecule has 0 saturated carbocycles. The van der Waals surface area contributed by atoms with Gasteiger partial charge in [-0.25, -0.2) is 10.8 Å². The number of piperidine rings is 2. The number of nitrogens with one attached hydrogen (secondary N) is 1. The van der Waals surface area contributed by atoms with Crippen LogP contribution in [0, 0.1) is 5.92 Å². The fourth-order valence-corrected chi connectivity index (χ4v) is 3.63. The van der Waals surface area contributed by atoms with Crippen molar-refractivity contribution >= 4 is 11.7 Å². The van der Waals surface area contributed by atoms with Crippen LogP contribution in [0.3, 0.4) is 0 Å². The van der Waals surface area contributed by atoms with Crippen LogP contribution in [0.5, 0.6) is 0 Å². The van der Waals surface area contributed by atoms with E-state index >= 15 is 0 Å². The number of likely N-dealkylation sites (tertiary alicyclic amines) is 2. The zero-order valence-electron chi connectivity index (χ0n) is 12.5.